The molecule has 19 heavy (non-hydrogen) atoms. The predicted molar refractivity (Wildman–Crippen MR) is 71.8 cm³/mol. The molecule has 0 spiro atoms. The van der Waals surface area contributed by atoms with E-state index in [0.29, 0.717) is 13.0 Å². The third kappa shape index (κ3) is 4.02. The number of nitrogens with one attached hydrogen (secondary N) is 2. The zero-order chi connectivity index (χ0) is 13.9. The lowest BCUT2D eigenvalue weighted by atomic mass is 9.95. The number of fused-ring (bicyclic) bond motifs is 1. The molecular formula is C12H17N3O3S. The lowest BCUT2D eigenvalue weighted by molar-refractivity contribution is -0.123. The smallest absolute Gasteiger partial charge is 0.237 e. The van der Waals surface area contributed by atoms with E-state index >= 15 is 0 Å². The Labute approximate surface area is 112 Å². The Bertz CT molecular complexity index is 571. The summed E-state index contributed by atoms with van der Waals surface area (Å²) < 4.78 is 21.5. The van der Waals surface area contributed by atoms with Gasteiger partial charge < -0.3 is 10.6 Å². The second-order valence-electron chi connectivity index (χ2n) is 4.56. The van der Waals surface area contributed by atoms with Crippen molar-refractivity contribution in [3.63, 3.8) is 0 Å². The molecule has 0 aromatic heterocycles. The third-order valence-corrected chi connectivity index (χ3v) is 3.86. The molecule has 6 nitrogen and oxygen atoms in total. The average molecular weight is 283 g/mol. The highest BCUT2D eigenvalue weighted by atomic mass is 32.2. The lowest BCUT2D eigenvalue weighted by Gasteiger charge is -2.25. The first kappa shape index (κ1) is 14.0. The highest BCUT2D eigenvalue weighted by Gasteiger charge is 2.23. The van der Waals surface area contributed by atoms with Gasteiger partial charge in [-0.2, -0.15) is 0 Å². The number of nitrogens with two attached hydrogens (primary N) is 1. The summed E-state index contributed by atoms with van der Waals surface area (Å²) in [5.74, 6) is -0.444. The summed E-state index contributed by atoms with van der Waals surface area (Å²) in [6.07, 6.45) is 0.609. The summed E-state index contributed by atoms with van der Waals surface area (Å²) in [5, 5.41) is 10.6. The van der Waals surface area contributed by atoms with Crippen molar-refractivity contribution >= 4 is 15.9 Å². The molecule has 0 saturated carbocycles. The van der Waals surface area contributed by atoms with Crippen molar-refractivity contribution < 1.29 is 13.2 Å². The summed E-state index contributed by atoms with van der Waals surface area (Å²) in [5.41, 5.74) is 2.34. The van der Waals surface area contributed by atoms with Crippen LogP contribution in [0.3, 0.4) is 0 Å². The number of carbonyl (C=O) groups excluding carboxylic acids is 1. The Morgan fingerprint density at radius 2 is 2.05 bits per heavy atom. The minimum atomic E-state index is -3.53. The molecule has 2 rings (SSSR count). The van der Waals surface area contributed by atoms with Gasteiger partial charge in [-0.1, -0.05) is 24.3 Å². The Hall–Kier alpha value is -1.44. The molecule has 0 fully saturated rings. The summed E-state index contributed by atoms with van der Waals surface area (Å²) in [4.78, 5) is 11.9. The van der Waals surface area contributed by atoms with Crippen LogP contribution in [0, 0.1) is 0 Å². The van der Waals surface area contributed by atoms with Gasteiger partial charge in [-0.05, 0) is 17.5 Å². The van der Waals surface area contributed by atoms with E-state index in [4.69, 9.17) is 5.14 Å². The number of rotatable bonds is 4. The van der Waals surface area contributed by atoms with E-state index < -0.39 is 10.0 Å². The van der Waals surface area contributed by atoms with Crippen LogP contribution in [-0.2, 0) is 27.8 Å². The van der Waals surface area contributed by atoms with Crippen molar-refractivity contribution in [2.45, 2.75) is 19.0 Å². The topological polar surface area (TPSA) is 101 Å². The standard InChI is InChI=1S/C12H17N3O3S/c13-19(17,18)6-5-14-12(16)11-7-9-3-1-2-4-10(9)8-15-11/h1-4,11,15H,5-8H2,(H,14,16)(H2,13,17,18)/t11-/m0/s1. The first-order chi connectivity index (χ1) is 8.96. The number of benzene rings is 1. The monoisotopic (exact) mass is 283 g/mol. The van der Waals surface area contributed by atoms with E-state index in [9.17, 15) is 13.2 Å². The Balaban J connectivity index is 1.89. The van der Waals surface area contributed by atoms with Gasteiger partial charge in [0.25, 0.3) is 0 Å². The van der Waals surface area contributed by atoms with Gasteiger partial charge in [0.05, 0.1) is 11.8 Å². The summed E-state index contributed by atoms with van der Waals surface area (Å²) in [7, 11) is -3.53. The molecule has 104 valence electrons. The molecule has 0 saturated heterocycles. The van der Waals surface area contributed by atoms with E-state index in [1.54, 1.807) is 0 Å². The fourth-order valence-corrected chi connectivity index (χ4v) is 2.47. The van der Waals surface area contributed by atoms with E-state index in [0.717, 1.165) is 5.56 Å². The molecule has 4 N–H and O–H groups in total. The van der Waals surface area contributed by atoms with Gasteiger partial charge in [0.15, 0.2) is 0 Å². The van der Waals surface area contributed by atoms with Crippen LogP contribution in [0.1, 0.15) is 11.1 Å². The number of hydrogen-bond donors (Lipinski definition) is 3. The van der Waals surface area contributed by atoms with Gasteiger partial charge in [-0.15, -0.1) is 0 Å². The minimum absolute atomic E-state index is 0.0392. The second-order valence-corrected chi connectivity index (χ2v) is 6.30. The van der Waals surface area contributed by atoms with Gasteiger partial charge in [0.2, 0.25) is 15.9 Å². The van der Waals surface area contributed by atoms with Crippen molar-refractivity contribution in [1.29, 1.82) is 0 Å². The molecule has 1 aliphatic rings. The maximum atomic E-state index is 11.9. The van der Waals surface area contributed by atoms with Gasteiger partial charge >= 0.3 is 0 Å². The normalized spacial score (nSPS) is 18.7. The van der Waals surface area contributed by atoms with Gasteiger partial charge in [0, 0.05) is 13.1 Å². The van der Waals surface area contributed by atoms with Crippen molar-refractivity contribution in [1.82, 2.24) is 10.6 Å². The minimum Gasteiger partial charge on any atom is -0.354 e. The predicted octanol–water partition coefficient (Wildman–Crippen LogP) is -0.894. The van der Waals surface area contributed by atoms with E-state index in [2.05, 4.69) is 10.6 Å². The van der Waals surface area contributed by atoms with Gasteiger partial charge in [-0.25, -0.2) is 13.6 Å². The quantitative estimate of drug-likeness (QED) is 0.667. The van der Waals surface area contributed by atoms with Crippen LogP contribution in [0.25, 0.3) is 0 Å². The van der Waals surface area contributed by atoms with Gasteiger partial charge in [-0.3, -0.25) is 4.79 Å². The van der Waals surface area contributed by atoms with Crippen LogP contribution in [0.4, 0.5) is 0 Å². The number of carbonyl (C=O) groups is 1. The van der Waals surface area contributed by atoms with Crippen LogP contribution in [0.2, 0.25) is 0 Å². The highest BCUT2D eigenvalue weighted by Crippen LogP contribution is 2.16. The maximum absolute atomic E-state index is 11.9. The van der Waals surface area contributed by atoms with E-state index in [1.807, 2.05) is 24.3 Å². The summed E-state index contributed by atoms with van der Waals surface area (Å²) >= 11 is 0. The molecule has 0 unspecified atom stereocenters. The fraction of sp³-hybridized carbons (Fsp3) is 0.417. The fourth-order valence-electron chi connectivity index (χ4n) is 2.08. The second kappa shape index (κ2) is 5.68. The zero-order valence-electron chi connectivity index (χ0n) is 10.4. The van der Waals surface area contributed by atoms with Crippen LogP contribution in [0.5, 0.6) is 0 Å². The SMILES string of the molecule is NS(=O)(=O)CCNC(=O)[C@@H]1Cc2ccccc2CN1. The summed E-state index contributed by atoms with van der Waals surface area (Å²) in [6, 6.07) is 7.61. The molecule has 7 heteroatoms. The van der Waals surface area contributed by atoms with Crippen LogP contribution in [0.15, 0.2) is 24.3 Å². The Morgan fingerprint density at radius 3 is 2.74 bits per heavy atom. The van der Waals surface area contributed by atoms with E-state index in [-0.39, 0.29) is 24.2 Å². The Kier molecular flexibility index (Phi) is 4.18. The van der Waals surface area contributed by atoms with Crippen molar-refractivity contribution in [3.05, 3.63) is 35.4 Å². The molecule has 0 aliphatic carbocycles. The van der Waals surface area contributed by atoms with Crippen molar-refractivity contribution in [3.8, 4) is 0 Å². The molecule has 1 aliphatic heterocycles. The van der Waals surface area contributed by atoms with Crippen molar-refractivity contribution in [2.75, 3.05) is 12.3 Å². The van der Waals surface area contributed by atoms with E-state index in [1.165, 1.54) is 5.56 Å². The number of primary sulfonamides is 1. The average Bonchev–Trinajstić information content (AvgIpc) is 2.36. The van der Waals surface area contributed by atoms with Crippen molar-refractivity contribution in [2.24, 2.45) is 5.14 Å². The van der Waals surface area contributed by atoms with Crippen LogP contribution >= 0.6 is 0 Å². The third-order valence-electron chi connectivity index (χ3n) is 3.08. The maximum Gasteiger partial charge on any atom is 0.237 e. The first-order valence-corrected chi connectivity index (χ1v) is 7.75. The molecule has 0 bridgehead atoms. The molecule has 0 radical (unpaired) electrons. The van der Waals surface area contributed by atoms with Crippen LogP contribution in [-0.4, -0.2) is 32.7 Å². The first-order valence-electron chi connectivity index (χ1n) is 6.04. The molecule has 1 amide bonds. The summed E-state index contributed by atoms with van der Waals surface area (Å²) in [6.45, 7) is 0.681. The molecule has 1 atom stereocenters. The zero-order valence-corrected chi connectivity index (χ0v) is 11.2. The highest BCUT2D eigenvalue weighted by molar-refractivity contribution is 7.89. The number of hydrogen-bond acceptors (Lipinski definition) is 4. The number of amides is 1. The molecule has 1 aromatic rings. The molecule has 1 aromatic carbocycles. The molecule has 1 heterocycles. The van der Waals surface area contributed by atoms with Gasteiger partial charge in [0.1, 0.15) is 0 Å². The lowest BCUT2D eigenvalue weighted by Crippen LogP contribution is -2.48. The largest absolute Gasteiger partial charge is 0.354 e. The molecular weight excluding hydrogens is 266 g/mol. The van der Waals surface area contributed by atoms with Crippen LogP contribution < -0.4 is 15.8 Å². The number of sulfonamides is 1. The Morgan fingerprint density at radius 1 is 1.37 bits per heavy atom.